The van der Waals surface area contributed by atoms with E-state index in [-0.39, 0.29) is 5.75 Å². The highest BCUT2D eigenvalue weighted by Crippen LogP contribution is 2.27. The summed E-state index contributed by atoms with van der Waals surface area (Å²) in [5.74, 6) is 6.76. The van der Waals surface area contributed by atoms with Crippen LogP contribution in [0.25, 0.3) is 0 Å². The summed E-state index contributed by atoms with van der Waals surface area (Å²) in [5, 5.41) is 0. The summed E-state index contributed by atoms with van der Waals surface area (Å²) in [5.41, 5.74) is 0.778. The van der Waals surface area contributed by atoms with Crippen molar-refractivity contribution in [3.8, 4) is 11.8 Å². The van der Waals surface area contributed by atoms with Gasteiger partial charge in [-0.15, -0.1) is 0 Å². The first-order chi connectivity index (χ1) is 14.4. The molecule has 0 radical (unpaired) electrons. The largest absolute Gasteiger partial charge is 0.444 e. The second kappa shape index (κ2) is 10.5. The van der Waals surface area contributed by atoms with Crippen molar-refractivity contribution in [2.75, 3.05) is 12.3 Å². The molecule has 0 aliphatic heterocycles. The van der Waals surface area contributed by atoms with Gasteiger partial charge in [-0.25, -0.2) is 22.9 Å². The number of aromatic nitrogens is 1. The molecule has 1 saturated carbocycles. The van der Waals surface area contributed by atoms with Gasteiger partial charge >= 0.3 is 6.09 Å². The van der Waals surface area contributed by atoms with Crippen molar-refractivity contribution >= 4 is 16.1 Å². The number of sulfonamides is 1. The van der Waals surface area contributed by atoms with Crippen LogP contribution in [0.3, 0.4) is 0 Å². The fourth-order valence-corrected chi connectivity index (χ4v) is 3.99. The molecule has 1 aromatic rings. The molecule has 31 heavy (non-hydrogen) atoms. The summed E-state index contributed by atoms with van der Waals surface area (Å²) in [7, 11) is -3.45. The standard InChI is InChI=1S/C23H35N3O4S/c1-7-26(22(27)30-23(4,5)6)21(17(3)25-31(28,29)8-2)16-20-11-9-10-19(24-20)15-14-18-12-13-18/h9-11,17-18,21,25H,7-8,12-13,16H2,1-6H3. The van der Waals surface area contributed by atoms with E-state index in [9.17, 15) is 13.2 Å². The lowest BCUT2D eigenvalue weighted by molar-refractivity contribution is 0.0145. The third kappa shape index (κ3) is 8.50. The van der Waals surface area contributed by atoms with Gasteiger partial charge in [0.1, 0.15) is 11.3 Å². The maximum absolute atomic E-state index is 12.9. The molecule has 8 heteroatoms. The highest BCUT2D eigenvalue weighted by atomic mass is 32.2. The predicted molar refractivity (Wildman–Crippen MR) is 122 cm³/mol. The smallest absolute Gasteiger partial charge is 0.410 e. The molecule has 0 aromatic carbocycles. The minimum atomic E-state index is -3.45. The van der Waals surface area contributed by atoms with Crippen LogP contribution >= 0.6 is 0 Å². The Balaban J connectivity index is 2.31. The molecular formula is C23H35N3O4S. The lowest BCUT2D eigenvalue weighted by Gasteiger charge is -2.36. The number of nitrogens with zero attached hydrogens (tertiary/aromatic N) is 2. The molecule has 0 saturated heterocycles. The molecule has 2 unspecified atom stereocenters. The second-order valence-electron chi connectivity index (χ2n) is 8.91. The van der Waals surface area contributed by atoms with E-state index in [1.165, 1.54) is 0 Å². The normalized spacial score (nSPS) is 16.1. The van der Waals surface area contributed by atoms with E-state index in [1.54, 1.807) is 39.5 Å². The zero-order valence-corrected chi connectivity index (χ0v) is 20.3. The Labute approximate surface area is 187 Å². The maximum Gasteiger partial charge on any atom is 0.410 e. The average molecular weight is 450 g/mol. The molecule has 7 nitrogen and oxygen atoms in total. The number of likely N-dealkylation sites (N-methyl/N-ethyl adjacent to an activating group) is 1. The van der Waals surface area contributed by atoms with Crippen LogP contribution in [0, 0.1) is 17.8 Å². The average Bonchev–Trinajstić information content (AvgIpc) is 3.49. The van der Waals surface area contributed by atoms with Gasteiger partial charge in [0.2, 0.25) is 10.0 Å². The van der Waals surface area contributed by atoms with Gasteiger partial charge in [0.15, 0.2) is 0 Å². The molecular weight excluding hydrogens is 414 g/mol. The van der Waals surface area contributed by atoms with E-state index in [2.05, 4.69) is 21.5 Å². The lowest BCUT2D eigenvalue weighted by atomic mass is 10.0. The van der Waals surface area contributed by atoms with Gasteiger partial charge in [0.25, 0.3) is 0 Å². The molecule has 2 atom stereocenters. The van der Waals surface area contributed by atoms with Gasteiger partial charge in [0.05, 0.1) is 11.8 Å². The van der Waals surface area contributed by atoms with Gasteiger partial charge in [-0.1, -0.05) is 12.0 Å². The third-order valence-corrected chi connectivity index (χ3v) is 6.39. The summed E-state index contributed by atoms with van der Waals surface area (Å²) in [6.45, 7) is 11.0. The fraction of sp³-hybridized carbons (Fsp3) is 0.652. The second-order valence-corrected chi connectivity index (χ2v) is 10.9. The Bertz CT molecular complexity index is 924. The number of carbonyl (C=O) groups excluding carboxylic acids is 1. The SMILES string of the molecule is CCN(C(=O)OC(C)(C)C)C(Cc1cccc(C#CC2CC2)n1)C(C)NS(=O)(=O)CC. The Hall–Kier alpha value is -2.11. The van der Waals surface area contributed by atoms with E-state index in [4.69, 9.17) is 4.74 Å². The number of pyridine rings is 1. The van der Waals surface area contributed by atoms with Gasteiger partial charge in [-0.2, -0.15) is 0 Å². The Morgan fingerprint density at radius 2 is 2.00 bits per heavy atom. The third-order valence-electron chi connectivity index (χ3n) is 4.90. The summed E-state index contributed by atoms with van der Waals surface area (Å²) >= 11 is 0. The molecule has 2 rings (SSSR count). The van der Waals surface area contributed by atoms with Crippen LogP contribution in [0.4, 0.5) is 4.79 Å². The molecule has 1 heterocycles. The Morgan fingerprint density at radius 1 is 1.32 bits per heavy atom. The molecule has 0 bridgehead atoms. The minimum Gasteiger partial charge on any atom is -0.444 e. The first kappa shape index (κ1) is 25.2. The van der Waals surface area contributed by atoms with Crippen molar-refractivity contribution in [3.63, 3.8) is 0 Å². The molecule has 1 aromatic heterocycles. The maximum atomic E-state index is 12.9. The fourth-order valence-electron chi connectivity index (χ4n) is 3.10. The predicted octanol–water partition coefficient (Wildman–Crippen LogP) is 3.34. The topological polar surface area (TPSA) is 88.6 Å². The number of carbonyl (C=O) groups is 1. The highest BCUT2D eigenvalue weighted by molar-refractivity contribution is 7.89. The van der Waals surface area contributed by atoms with Crippen molar-refractivity contribution in [1.29, 1.82) is 0 Å². The number of ether oxygens (including phenoxy) is 1. The van der Waals surface area contributed by atoms with Gasteiger partial charge < -0.3 is 9.64 Å². The van der Waals surface area contributed by atoms with Crippen molar-refractivity contribution in [3.05, 3.63) is 29.6 Å². The van der Waals surface area contributed by atoms with Crippen molar-refractivity contribution in [2.24, 2.45) is 5.92 Å². The van der Waals surface area contributed by atoms with Crippen LogP contribution in [0.2, 0.25) is 0 Å². The first-order valence-electron chi connectivity index (χ1n) is 10.9. The number of amides is 1. The molecule has 1 aliphatic rings. The number of nitrogens with one attached hydrogen (secondary N) is 1. The van der Waals surface area contributed by atoms with Crippen LogP contribution in [0.1, 0.15) is 65.8 Å². The van der Waals surface area contributed by atoms with Crippen LogP contribution in [-0.4, -0.2) is 54.4 Å². The number of hydrogen-bond donors (Lipinski definition) is 1. The lowest BCUT2D eigenvalue weighted by Crippen LogP contribution is -2.54. The summed E-state index contributed by atoms with van der Waals surface area (Å²) in [4.78, 5) is 19.1. The molecule has 172 valence electrons. The Morgan fingerprint density at radius 3 is 2.55 bits per heavy atom. The van der Waals surface area contributed by atoms with E-state index in [0.29, 0.717) is 24.6 Å². The summed E-state index contributed by atoms with van der Waals surface area (Å²) in [6, 6.07) is 4.63. The van der Waals surface area contributed by atoms with E-state index in [1.807, 2.05) is 25.1 Å². The first-order valence-corrected chi connectivity index (χ1v) is 12.6. The summed E-state index contributed by atoms with van der Waals surface area (Å²) < 4.78 is 32.7. The number of hydrogen-bond acceptors (Lipinski definition) is 5. The molecule has 1 fully saturated rings. The van der Waals surface area contributed by atoms with Crippen molar-refractivity contribution < 1.29 is 17.9 Å². The molecule has 0 spiro atoms. The molecule has 1 N–H and O–H groups in total. The monoisotopic (exact) mass is 449 g/mol. The summed E-state index contributed by atoms with van der Waals surface area (Å²) in [6.07, 6.45) is 2.18. The van der Waals surface area contributed by atoms with Crippen LogP contribution in [0.5, 0.6) is 0 Å². The quantitative estimate of drug-likeness (QED) is 0.615. The van der Waals surface area contributed by atoms with Crippen LogP contribution in [0.15, 0.2) is 18.2 Å². The highest BCUT2D eigenvalue weighted by Gasteiger charge is 2.33. The minimum absolute atomic E-state index is 0.0346. The van der Waals surface area contributed by atoms with Gasteiger partial charge in [0, 0.05) is 30.6 Å². The Kier molecular flexibility index (Phi) is 8.49. The van der Waals surface area contributed by atoms with Crippen molar-refractivity contribution in [1.82, 2.24) is 14.6 Å². The zero-order chi connectivity index (χ0) is 23.2. The number of rotatable bonds is 8. The van der Waals surface area contributed by atoms with E-state index >= 15 is 0 Å². The van der Waals surface area contributed by atoms with Crippen molar-refractivity contribution in [2.45, 2.75) is 78.5 Å². The molecule has 1 aliphatic carbocycles. The van der Waals surface area contributed by atoms with Gasteiger partial charge in [-0.05, 0) is 72.4 Å². The van der Waals surface area contributed by atoms with E-state index < -0.39 is 33.8 Å². The van der Waals surface area contributed by atoms with Crippen LogP contribution in [-0.2, 0) is 21.2 Å². The van der Waals surface area contributed by atoms with Gasteiger partial charge in [-0.3, -0.25) is 0 Å². The van der Waals surface area contributed by atoms with Crippen LogP contribution < -0.4 is 4.72 Å². The van der Waals surface area contributed by atoms with E-state index in [0.717, 1.165) is 18.5 Å². The molecule has 1 amide bonds. The zero-order valence-electron chi connectivity index (χ0n) is 19.4.